The van der Waals surface area contributed by atoms with Gasteiger partial charge in [0.15, 0.2) is 0 Å². The molecule has 0 fully saturated rings. The van der Waals surface area contributed by atoms with Crippen molar-refractivity contribution >= 4 is 0 Å². The second-order valence-corrected chi connectivity index (χ2v) is 4.77. The van der Waals surface area contributed by atoms with E-state index in [2.05, 4.69) is 41.0 Å². The average molecular weight is 155 g/mol. The van der Waals surface area contributed by atoms with E-state index in [1.165, 1.54) is 19.3 Å². The van der Waals surface area contributed by atoms with Crippen LogP contribution in [0.3, 0.4) is 0 Å². The van der Waals surface area contributed by atoms with E-state index < -0.39 is 0 Å². The number of rotatable bonds is 4. The Bertz CT molecular complexity index is 86.7. The zero-order chi connectivity index (χ0) is 8.91. The first-order valence-corrected chi connectivity index (χ1v) is 4.79. The highest BCUT2D eigenvalue weighted by Crippen LogP contribution is 2.24. The Hall–Kier alpha value is 0. The maximum Gasteiger partial charge on any atom is -0.0352 e. The maximum atomic E-state index is 2.46. The summed E-state index contributed by atoms with van der Waals surface area (Å²) in [7, 11) is 0. The van der Waals surface area contributed by atoms with Gasteiger partial charge < -0.3 is 0 Å². The van der Waals surface area contributed by atoms with Gasteiger partial charge in [-0.05, 0) is 24.2 Å². The fourth-order valence-corrected chi connectivity index (χ4v) is 1.13. The molecule has 1 atom stereocenters. The van der Waals surface area contributed by atoms with Crippen LogP contribution in [0.25, 0.3) is 0 Å². The highest BCUT2D eigenvalue weighted by atomic mass is 14.2. The van der Waals surface area contributed by atoms with Crippen LogP contribution in [0.4, 0.5) is 0 Å². The van der Waals surface area contributed by atoms with Crippen molar-refractivity contribution in [2.75, 3.05) is 0 Å². The van der Waals surface area contributed by atoms with Crippen molar-refractivity contribution in [3.63, 3.8) is 0 Å². The normalized spacial score (nSPS) is 15.0. The van der Waals surface area contributed by atoms with E-state index in [9.17, 15) is 0 Å². The molecule has 0 saturated carbocycles. The first-order chi connectivity index (χ1) is 4.95. The molecule has 0 rings (SSSR count). The smallest absolute Gasteiger partial charge is 0.0352 e. The molecular weight excluding hydrogens is 132 g/mol. The third kappa shape index (κ3) is 7.90. The van der Waals surface area contributed by atoms with Crippen molar-refractivity contribution in [3.05, 3.63) is 6.42 Å². The van der Waals surface area contributed by atoms with Crippen LogP contribution in [0.2, 0.25) is 0 Å². The molecule has 0 heterocycles. The number of hydrogen-bond acceptors (Lipinski definition) is 0. The fourth-order valence-electron chi connectivity index (χ4n) is 1.13. The Labute approximate surface area is 72.4 Å². The lowest BCUT2D eigenvalue weighted by molar-refractivity contribution is 0.381. The van der Waals surface area contributed by atoms with Gasteiger partial charge in [-0.15, -0.1) is 0 Å². The maximum absolute atomic E-state index is 2.46. The van der Waals surface area contributed by atoms with Crippen molar-refractivity contribution in [2.24, 2.45) is 11.3 Å². The summed E-state index contributed by atoms with van der Waals surface area (Å²) in [4.78, 5) is 0. The van der Waals surface area contributed by atoms with E-state index in [1.54, 1.807) is 0 Å². The first-order valence-electron chi connectivity index (χ1n) is 4.79. The third-order valence-corrected chi connectivity index (χ3v) is 1.88. The monoisotopic (exact) mass is 155 g/mol. The first kappa shape index (κ1) is 11.0. The Morgan fingerprint density at radius 2 is 1.82 bits per heavy atom. The minimum Gasteiger partial charge on any atom is -0.0654 e. The van der Waals surface area contributed by atoms with Gasteiger partial charge in [-0.1, -0.05) is 47.5 Å². The minimum atomic E-state index is 0.474. The molecule has 1 radical (unpaired) electrons. The van der Waals surface area contributed by atoms with Crippen LogP contribution in [-0.4, -0.2) is 0 Å². The molecule has 0 nitrogen and oxygen atoms in total. The quantitative estimate of drug-likeness (QED) is 0.574. The molecule has 0 heteroatoms. The Balaban J connectivity index is 3.38. The van der Waals surface area contributed by atoms with E-state index in [0.717, 1.165) is 5.92 Å². The molecule has 0 aliphatic rings. The van der Waals surface area contributed by atoms with Crippen LogP contribution in [0, 0.1) is 17.8 Å². The van der Waals surface area contributed by atoms with E-state index in [4.69, 9.17) is 0 Å². The SMILES string of the molecule is CCCC(C)[CH]CC(C)(C)C. The highest BCUT2D eigenvalue weighted by molar-refractivity contribution is 4.78. The minimum absolute atomic E-state index is 0.474. The Kier molecular flexibility index (Phi) is 4.79. The second kappa shape index (κ2) is 4.79. The molecule has 1 unspecified atom stereocenters. The van der Waals surface area contributed by atoms with Crippen LogP contribution in [0.15, 0.2) is 0 Å². The van der Waals surface area contributed by atoms with Crippen LogP contribution in [0.5, 0.6) is 0 Å². The van der Waals surface area contributed by atoms with Crippen molar-refractivity contribution < 1.29 is 0 Å². The Morgan fingerprint density at radius 1 is 1.27 bits per heavy atom. The average Bonchev–Trinajstić information content (AvgIpc) is 1.83. The summed E-state index contributed by atoms with van der Waals surface area (Å²) in [6, 6.07) is 0. The second-order valence-electron chi connectivity index (χ2n) is 4.77. The van der Waals surface area contributed by atoms with Crippen molar-refractivity contribution in [3.8, 4) is 0 Å². The van der Waals surface area contributed by atoms with Crippen LogP contribution in [-0.2, 0) is 0 Å². The summed E-state index contributed by atoms with van der Waals surface area (Å²) < 4.78 is 0. The standard InChI is InChI=1S/C11H23/c1-6-7-10(2)8-9-11(3,4)5/h8,10H,6-7,9H2,1-5H3. The van der Waals surface area contributed by atoms with Gasteiger partial charge in [0.1, 0.15) is 0 Å². The molecule has 11 heavy (non-hydrogen) atoms. The number of hydrogen-bond donors (Lipinski definition) is 0. The summed E-state index contributed by atoms with van der Waals surface area (Å²) in [5.74, 6) is 0.805. The molecule has 67 valence electrons. The van der Waals surface area contributed by atoms with E-state index in [0.29, 0.717) is 5.41 Å². The predicted octanol–water partition coefficient (Wildman–Crippen LogP) is 4.06. The van der Waals surface area contributed by atoms with Crippen molar-refractivity contribution in [2.45, 2.75) is 53.9 Å². The molecule has 0 N–H and O–H groups in total. The van der Waals surface area contributed by atoms with E-state index >= 15 is 0 Å². The Morgan fingerprint density at radius 3 is 2.18 bits per heavy atom. The summed E-state index contributed by atoms with van der Waals surface area (Å²) >= 11 is 0. The van der Waals surface area contributed by atoms with Gasteiger partial charge in [0, 0.05) is 0 Å². The fraction of sp³-hybridized carbons (Fsp3) is 0.909. The molecule has 0 saturated heterocycles. The van der Waals surface area contributed by atoms with E-state index in [1.807, 2.05) is 0 Å². The van der Waals surface area contributed by atoms with Crippen molar-refractivity contribution in [1.82, 2.24) is 0 Å². The van der Waals surface area contributed by atoms with Gasteiger partial charge >= 0.3 is 0 Å². The predicted molar refractivity (Wildman–Crippen MR) is 52.4 cm³/mol. The lowest BCUT2D eigenvalue weighted by Crippen LogP contribution is -2.08. The molecule has 0 aromatic heterocycles. The molecule has 0 aliphatic heterocycles. The van der Waals surface area contributed by atoms with Crippen molar-refractivity contribution in [1.29, 1.82) is 0 Å². The topological polar surface area (TPSA) is 0 Å². The molecule has 0 bridgehead atoms. The summed E-state index contributed by atoms with van der Waals surface area (Å²) in [6.45, 7) is 11.4. The highest BCUT2D eigenvalue weighted by Gasteiger charge is 2.11. The van der Waals surface area contributed by atoms with Gasteiger partial charge in [0.2, 0.25) is 0 Å². The zero-order valence-corrected chi connectivity index (χ0v) is 8.78. The summed E-state index contributed by atoms with van der Waals surface area (Å²) in [5.41, 5.74) is 0.474. The van der Waals surface area contributed by atoms with Gasteiger partial charge in [0.05, 0.1) is 0 Å². The van der Waals surface area contributed by atoms with Crippen LogP contribution in [0.1, 0.15) is 53.9 Å². The third-order valence-electron chi connectivity index (χ3n) is 1.88. The summed E-state index contributed by atoms with van der Waals surface area (Å²) in [5, 5.41) is 0. The molecule has 0 spiro atoms. The van der Waals surface area contributed by atoms with E-state index in [-0.39, 0.29) is 0 Å². The van der Waals surface area contributed by atoms with Gasteiger partial charge in [-0.25, -0.2) is 0 Å². The van der Waals surface area contributed by atoms with Gasteiger partial charge in [0.25, 0.3) is 0 Å². The molecular formula is C11H23. The van der Waals surface area contributed by atoms with Crippen LogP contribution < -0.4 is 0 Å². The molecule has 0 amide bonds. The molecule has 0 aromatic rings. The molecule has 0 aliphatic carbocycles. The molecule has 0 aromatic carbocycles. The van der Waals surface area contributed by atoms with Gasteiger partial charge in [-0.3, -0.25) is 0 Å². The summed E-state index contributed by atoms with van der Waals surface area (Å²) in [6.07, 6.45) is 6.36. The lowest BCUT2D eigenvalue weighted by Gasteiger charge is -2.20. The zero-order valence-electron chi connectivity index (χ0n) is 8.78. The van der Waals surface area contributed by atoms with Gasteiger partial charge in [-0.2, -0.15) is 0 Å². The van der Waals surface area contributed by atoms with Crippen LogP contribution >= 0.6 is 0 Å². The lowest BCUT2D eigenvalue weighted by atomic mass is 9.86. The largest absolute Gasteiger partial charge is 0.0654 e.